The van der Waals surface area contributed by atoms with Crippen molar-refractivity contribution in [3.8, 4) is 0 Å². The predicted octanol–water partition coefficient (Wildman–Crippen LogP) is 3.54. The molecule has 0 bridgehead atoms. The zero-order valence-corrected chi connectivity index (χ0v) is 8.93. The Hall–Kier alpha value is -1.50. The van der Waals surface area contributed by atoms with Crippen LogP contribution in [0.4, 0.5) is 5.69 Å². The number of hydrogen-bond acceptors (Lipinski definition) is 1. The highest BCUT2D eigenvalue weighted by Gasteiger charge is 1.95. The quantitative estimate of drug-likeness (QED) is 0.711. The average molecular weight is 187 g/mol. The first-order valence-corrected chi connectivity index (χ1v) is 4.74. The molecule has 0 aliphatic heterocycles. The van der Waals surface area contributed by atoms with Crippen LogP contribution < -0.4 is 5.32 Å². The molecule has 0 fully saturated rings. The molecule has 0 aliphatic carbocycles. The van der Waals surface area contributed by atoms with Gasteiger partial charge in [-0.3, -0.25) is 0 Å². The average Bonchev–Trinajstić information content (AvgIpc) is 2.16. The number of anilines is 1. The Morgan fingerprint density at radius 2 is 1.79 bits per heavy atom. The zero-order chi connectivity index (χ0) is 10.6. The number of rotatable bonds is 4. The van der Waals surface area contributed by atoms with Gasteiger partial charge in [0.25, 0.3) is 0 Å². The van der Waals surface area contributed by atoms with Crippen LogP contribution in [0.2, 0.25) is 0 Å². The fourth-order valence-corrected chi connectivity index (χ4v) is 1.03. The summed E-state index contributed by atoms with van der Waals surface area (Å²) in [6.45, 7) is 12.6. The lowest BCUT2D eigenvalue weighted by molar-refractivity contribution is 1.22. The molecular weight excluding hydrogens is 170 g/mol. The largest absolute Gasteiger partial charge is 0.381 e. The Morgan fingerprint density at radius 3 is 2.29 bits per heavy atom. The summed E-state index contributed by atoms with van der Waals surface area (Å²) in [4.78, 5) is 0. The molecule has 74 valence electrons. The molecule has 0 amide bonds. The van der Waals surface area contributed by atoms with E-state index in [4.69, 9.17) is 0 Å². The van der Waals surface area contributed by atoms with Crippen LogP contribution in [0.3, 0.4) is 0 Å². The van der Waals surface area contributed by atoms with E-state index in [-0.39, 0.29) is 0 Å². The third-order valence-electron chi connectivity index (χ3n) is 2.16. The molecule has 0 unspecified atom stereocenters. The molecule has 0 heterocycles. The SMILES string of the molecule is C=C(C)C(=C)CNc1ccc(C)cc1. The van der Waals surface area contributed by atoms with Gasteiger partial charge in [-0.05, 0) is 31.6 Å². The van der Waals surface area contributed by atoms with Crippen molar-refractivity contribution in [2.24, 2.45) is 0 Å². The van der Waals surface area contributed by atoms with E-state index in [0.29, 0.717) is 0 Å². The summed E-state index contributed by atoms with van der Waals surface area (Å²) in [6, 6.07) is 8.32. The van der Waals surface area contributed by atoms with E-state index in [1.807, 2.05) is 6.92 Å². The van der Waals surface area contributed by atoms with E-state index < -0.39 is 0 Å². The number of nitrogens with one attached hydrogen (secondary N) is 1. The van der Waals surface area contributed by atoms with Crippen LogP contribution in [0.25, 0.3) is 0 Å². The fourth-order valence-electron chi connectivity index (χ4n) is 1.03. The van der Waals surface area contributed by atoms with E-state index in [9.17, 15) is 0 Å². The smallest absolute Gasteiger partial charge is 0.0397 e. The molecule has 0 radical (unpaired) electrons. The molecule has 1 aromatic carbocycles. The molecule has 0 aliphatic rings. The van der Waals surface area contributed by atoms with Crippen LogP contribution in [0, 0.1) is 6.92 Å². The van der Waals surface area contributed by atoms with Gasteiger partial charge < -0.3 is 5.32 Å². The van der Waals surface area contributed by atoms with Crippen molar-refractivity contribution in [1.29, 1.82) is 0 Å². The van der Waals surface area contributed by atoms with Gasteiger partial charge in [-0.1, -0.05) is 36.4 Å². The van der Waals surface area contributed by atoms with Crippen LogP contribution in [0.5, 0.6) is 0 Å². The molecule has 1 aromatic rings. The molecule has 1 rings (SSSR count). The van der Waals surface area contributed by atoms with Crippen LogP contribution in [-0.4, -0.2) is 6.54 Å². The Balaban J connectivity index is 2.50. The van der Waals surface area contributed by atoms with Gasteiger partial charge in [0.05, 0.1) is 0 Å². The highest BCUT2D eigenvalue weighted by Crippen LogP contribution is 2.10. The Bertz CT molecular complexity index is 333. The van der Waals surface area contributed by atoms with Gasteiger partial charge in [0.1, 0.15) is 0 Å². The molecule has 0 spiro atoms. The van der Waals surface area contributed by atoms with Crippen molar-refractivity contribution < 1.29 is 0 Å². The third kappa shape index (κ3) is 3.09. The van der Waals surface area contributed by atoms with Gasteiger partial charge in [0, 0.05) is 12.2 Å². The molecule has 0 saturated heterocycles. The molecule has 0 atom stereocenters. The van der Waals surface area contributed by atoms with Gasteiger partial charge in [-0.15, -0.1) is 0 Å². The van der Waals surface area contributed by atoms with Crippen molar-refractivity contribution in [2.75, 3.05) is 11.9 Å². The molecule has 14 heavy (non-hydrogen) atoms. The molecule has 1 nitrogen and oxygen atoms in total. The van der Waals surface area contributed by atoms with Gasteiger partial charge in [0.15, 0.2) is 0 Å². The van der Waals surface area contributed by atoms with Gasteiger partial charge in [0.2, 0.25) is 0 Å². The normalized spacial score (nSPS) is 9.57. The molecule has 1 N–H and O–H groups in total. The second-order valence-electron chi connectivity index (χ2n) is 3.60. The number of aryl methyl sites for hydroxylation is 1. The van der Waals surface area contributed by atoms with Crippen LogP contribution in [0.1, 0.15) is 12.5 Å². The van der Waals surface area contributed by atoms with Crippen LogP contribution in [0.15, 0.2) is 48.6 Å². The fraction of sp³-hybridized carbons (Fsp3) is 0.231. The zero-order valence-electron chi connectivity index (χ0n) is 8.93. The lowest BCUT2D eigenvalue weighted by Crippen LogP contribution is -2.04. The third-order valence-corrected chi connectivity index (χ3v) is 2.16. The Labute approximate surface area is 86.2 Å². The van der Waals surface area contributed by atoms with E-state index in [0.717, 1.165) is 23.4 Å². The van der Waals surface area contributed by atoms with E-state index in [2.05, 4.69) is 49.7 Å². The minimum absolute atomic E-state index is 0.762. The second-order valence-corrected chi connectivity index (χ2v) is 3.60. The minimum Gasteiger partial charge on any atom is -0.381 e. The second kappa shape index (κ2) is 4.66. The topological polar surface area (TPSA) is 12.0 Å². The van der Waals surface area contributed by atoms with Crippen molar-refractivity contribution in [3.63, 3.8) is 0 Å². The van der Waals surface area contributed by atoms with Crippen molar-refractivity contribution in [2.45, 2.75) is 13.8 Å². The molecular formula is C13H17N. The monoisotopic (exact) mass is 187 g/mol. The van der Waals surface area contributed by atoms with E-state index in [1.54, 1.807) is 0 Å². The Kier molecular flexibility index (Phi) is 3.52. The summed E-state index contributed by atoms with van der Waals surface area (Å²) in [5.74, 6) is 0. The maximum atomic E-state index is 3.92. The van der Waals surface area contributed by atoms with E-state index >= 15 is 0 Å². The summed E-state index contributed by atoms with van der Waals surface area (Å²) in [7, 11) is 0. The minimum atomic E-state index is 0.762. The summed E-state index contributed by atoms with van der Waals surface area (Å²) in [5.41, 5.74) is 4.47. The lowest BCUT2D eigenvalue weighted by Gasteiger charge is -2.08. The molecule has 0 saturated carbocycles. The standard InChI is InChI=1S/C13H17N/c1-10(2)12(4)9-14-13-7-5-11(3)6-8-13/h5-8,14H,1,4,9H2,2-3H3. The predicted molar refractivity (Wildman–Crippen MR) is 63.6 cm³/mol. The first-order valence-electron chi connectivity index (χ1n) is 4.74. The van der Waals surface area contributed by atoms with Crippen molar-refractivity contribution in [3.05, 3.63) is 54.1 Å². The summed E-state index contributed by atoms with van der Waals surface area (Å²) >= 11 is 0. The van der Waals surface area contributed by atoms with Gasteiger partial charge in [-0.2, -0.15) is 0 Å². The van der Waals surface area contributed by atoms with Crippen molar-refractivity contribution >= 4 is 5.69 Å². The first kappa shape index (κ1) is 10.6. The van der Waals surface area contributed by atoms with Crippen molar-refractivity contribution in [1.82, 2.24) is 0 Å². The first-order chi connectivity index (χ1) is 6.59. The van der Waals surface area contributed by atoms with Crippen LogP contribution >= 0.6 is 0 Å². The Morgan fingerprint density at radius 1 is 1.21 bits per heavy atom. The number of benzene rings is 1. The van der Waals surface area contributed by atoms with Crippen LogP contribution in [-0.2, 0) is 0 Å². The van der Waals surface area contributed by atoms with Gasteiger partial charge in [-0.25, -0.2) is 0 Å². The maximum absolute atomic E-state index is 3.92. The lowest BCUT2D eigenvalue weighted by atomic mass is 10.1. The van der Waals surface area contributed by atoms with E-state index in [1.165, 1.54) is 5.56 Å². The summed E-state index contributed by atoms with van der Waals surface area (Å²) in [6.07, 6.45) is 0. The molecule has 1 heteroatoms. The summed E-state index contributed by atoms with van der Waals surface area (Å²) in [5, 5.41) is 3.29. The maximum Gasteiger partial charge on any atom is 0.0397 e. The number of hydrogen-bond donors (Lipinski definition) is 1. The highest BCUT2D eigenvalue weighted by molar-refractivity contribution is 5.46. The van der Waals surface area contributed by atoms with Gasteiger partial charge >= 0.3 is 0 Å². The summed E-state index contributed by atoms with van der Waals surface area (Å²) < 4.78 is 0. The molecule has 0 aromatic heterocycles. The highest BCUT2D eigenvalue weighted by atomic mass is 14.9.